The van der Waals surface area contributed by atoms with Gasteiger partial charge in [-0.15, -0.1) is 0 Å². The highest BCUT2D eigenvalue weighted by Gasteiger charge is 1.89. The Kier molecular flexibility index (Phi) is 6.42. The van der Waals surface area contributed by atoms with Gasteiger partial charge >= 0.3 is 0 Å². The van der Waals surface area contributed by atoms with Gasteiger partial charge in [-0.2, -0.15) is 0 Å². The van der Waals surface area contributed by atoms with Crippen LogP contribution in [0.3, 0.4) is 0 Å². The normalized spacial score (nSPS) is 8.86. The molecule has 0 aromatic heterocycles. The molecule has 1 N–H and O–H groups in total. The predicted octanol–water partition coefficient (Wildman–Crippen LogP) is 3.36. The van der Waals surface area contributed by atoms with Crippen molar-refractivity contribution < 1.29 is 5.11 Å². The average Bonchev–Trinajstić information content (AvgIpc) is 2.17. The number of hydrogen-bond acceptors (Lipinski definition) is 1. The van der Waals surface area contributed by atoms with Gasteiger partial charge in [0.15, 0.2) is 0 Å². The van der Waals surface area contributed by atoms with Crippen molar-refractivity contribution in [1.82, 2.24) is 0 Å². The second-order valence-electron chi connectivity index (χ2n) is 3.13. The molecule has 0 spiro atoms. The van der Waals surface area contributed by atoms with Gasteiger partial charge in [-0.1, -0.05) is 49.6 Å². The molecule has 0 aliphatic heterocycles. The average molecular weight is 190 g/mol. The molecule has 1 rings (SSSR count). The van der Waals surface area contributed by atoms with E-state index in [-0.39, 0.29) is 6.10 Å². The van der Waals surface area contributed by atoms with Crippen LogP contribution in [0, 0.1) is 0 Å². The first-order valence-corrected chi connectivity index (χ1v) is 4.63. The van der Waals surface area contributed by atoms with Crippen LogP contribution in [0.25, 0.3) is 12.2 Å². The van der Waals surface area contributed by atoms with E-state index >= 15 is 0 Å². The van der Waals surface area contributed by atoms with Gasteiger partial charge in [-0.05, 0) is 25.0 Å². The third-order valence-corrected chi connectivity index (χ3v) is 1.44. The lowest BCUT2D eigenvalue weighted by Crippen LogP contribution is -1.85. The number of benzene rings is 1. The van der Waals surface area contributed by atoms with Crippen molar-refractivity contribution in [1.29, 1.82) is 0 Å². The van der Waals surface area contributed by atoms with Gasteiger partial charge in [0.05, 0.1) is 0 Å². The van der Waals surface area contributed by atoms with Gasteiger partial charge in [-0.3, -0.25) is 0 Å². The molecule has 0 heterocycles. The van der Waals surface area contributed by atoms with E-state index in [9.17, 15) is 0 Å². The zero-order chi connectivity index (χ0) is 11.0. The van der Waals surface area contributed by atoms with Crippen LogP contribution < -0.4 is 0 Å². The molecule has 1 nitrogen and oxygen atoms in total. The highest BCUT2D eigenvalue weighted by Crippen LogP contribution is 2.10. The molecule has 0 aliphatic rings. The minimum atomic E-state index is -0.167. The molecule has 0 radical (unpaired) electrons. The number of rotatable bonds is 2. The van der Waals surface area contributed by atoms with Crippen LogP contribution >= 0.6 is 0 Å². The van der Waals surface area contributed by atoms with Crippen molar-refractivity contribution in [3.8, 4) is 0 Å². The molecule has 0 aliphatic carbocycles. The summed E-state index contributed by atoms with van der Waals surface area (Å²) in [4.78, 5) is 0. The van der Waals surface area contributed by atoms with Crippen LogP contribution in [0.5, 0.6) is 0 Å². The third kappa shape index (κ3) is 5.33. The Morgan fingerprint density at radius 2 is 1.36 bits per heavy atom. The fraction of sp³-hybridized carbons (Fsp3) is 0.231. The minimum Gasteiger partial charge on any atom is -0.394 e. The van der Waals surface area contributed by atoms with Crippen LogP contribution in [-0.4, -0.2) is 11.2 Å². The first-order valence-electron chi connectivity index (χ1n) is 4.63. The molecule has 0 saturated carbocycles. The summed E-state index contributed by atoms with van der Waals surface area (Å²) < 4.78 is 0. The number of hydrogen-bond donors (Lipinski definition) is 1. The van der Waals surface area contributed by atoms with Crippen molar-refractivity contribution >= 4 is 12.2 Å². The molecule has 1 heteroatoms. The molecule has 1 aromatic rings. The Morgan fingerprint density at radius 1 is 1.07 bits per heavy atom. The summed E-state index contributed by atoms with van der Waals surface area (Å²) in [6.07, 6.45) is 3.49. The van der Waals surface area contributed by atoms with E-state index in [1.807, 2.05) is 36.4 Å². The minimum absolute atomic E-state index is 0.167. The van der Waals surface area contributed by atoms with Crippen LogP contribution in [-0.2, 0) is 0 Å². The van der Waals surface area contributed by atoms with E-state index < -0.39 is 0 Å². The fourth-order valence-electron chi connectivity index (χ4n) is 0.883. The monoisotopic (exact) mass is 190 g/mol. The van der Waals surface area contributed by atoms with Gasteiger partial charge in [0.1, 0.15) is 0 Å². The Hall–Kier alpha value is -1.34. The second-order valence-corrected chi connectivity index (χ2v) is 3.13. The van der Waals surface area contributed by atoms with E-state index in [4.69, 9.17) is 5.11 Å². The van der Waals surface area contributed by atoms with E-state index in [0.29, 0.717) is 0 Å². The van der Waals surface area contributed by atoms with E-state index in [2.05, 4.69) is 13.2 Å². The molecular formula is C13H18O. The summed E-state index contributed by atoms with van der Waals surface area (Å²) in [6.45, 7) is 10.8. The lowest BCUT2D eigenvalue weighted by molar-refractivity contribution is 0.216. The van der Waals surface area contributed by atoms with Crippen LogP contribution in [0.15, 0.2) is 37.4 Å². The molecule has 0 bridgehead atoms. The molecule has 0 atom stereocenters. The smallest absolute Gasteiger partial charge is 0.0483 e. The van der Waals surface area contributed by atoms with Crippen LogP contribution in [0.4, 0.5) is 0 Å². The lowest BCUT2D eigenvalue weighted by Gasteiger charge is -1.96. The van der Waals surface area contributed by atoms with Crippen molar-refractivity contribution in [3.63, 3.8) is 0 Å². The van der Waals surface area contributed by atoms with E-state index in [1.54, 1.807) is 13.8 Å². The summed E-state index contributed by atoms with van der Waals surface area (Å²) in [5.74, 6) is 0. The van der Waals surface area contributed by atoms with E-state index in [1.165, 1.54) is 0 Å². The quantitative estimate of drug-likeness (QED) is 0.758. The summed E-state index contributed by atoms with van der Waals surface area (Å²) in [6, 6.07) is 8.02. The van der Waals surface area contributed by atoms with Crippen molar-refractivity contribution in [2.24, 2.45) is 0 Å². The lowest BCUT2D eigenvalue weighted by atomic mass is 10.1. The van der Waals surface area contributed by atoms with Crippen molar-refractivity contribution in [2.45, 2.75) is 20.0 Å². The highest BCUT2D eigenvalue weighted by atomic mass is 16.3. The maximum atomic E-state index is 8.06. The summed E-state index contributed by atoms with van der Waals surface area (Å²) in [7, 11) is 0. The van der Waals surface area contributed by atoms with Crippen LogP contribution in [0.1, 0.15) is 25.0 Å². The fourth-order valence-corrected chi connectivity index (χ4v) is 0.883. The molecular weight excluding hydrogens is 172 g/mol. The number of aliphatic hydroxyl groups excluding tert-OH is 1. The highest BCUT2D eigenvalue weighted by molar-refractivity contribution is 5.63. The SMILES string of the molecule is C=Cc1ccccc1C=C.CC(C)O. The largest absolute Gasteiger partial charge is 0.394 e. The molecule has 76 valence electrons. The predicted molar refractivity (Wildman–Crippen MR) is 64.0 cm³/mol. The molecule has 0 saturated heterocycles. The van der Waals surface area contributed by atoms with Gasteiger partial charge in [0.2, 0.25) is 0 Å². The Morgan fingerprint density at radius 3 is 1.57 bits per heavy atom. The second kappa shape index (κ2) is 7.10. The maximum absolute atomic E-state index is 8.06. The third-order valence-electron chi connectivity index (χ3n) is 1.44. The summed E-state index contributed by atoms with van der Waals surface area (Å²) in [5.41, 5.74) is 2.27. The molecule has 0 amide bonds. The standard InChI is InChI=1S/C10H10.C3H8O/c1-3-9-7-5-6-8-10(9)4-2;1-3(2)4/h3-8H,1-2H2;3-4H,1-2H3. The molecule has 14 heavy (non-hydrogen) atoms. The Bertz CT molecular complexity index is 257. The Labute approximate surface area is 86.4 Å². The molecule has 1 aromatic carbocycles. The summed E-state index contributed by atoms with van der Waals surface area (Å²) >= 11 is 0. The Balaban J connectivity index is 0.000000364. The van der Waals surface area contributed by atoms with Gasteiger partial charge < -0.3 is 5.11 Å². The molecule has 0 fully saturated rings. The number of aliphatic hydroxyl groups is 1. The zero-order valence-corrected chi connectivity index (χ0v) is 8.90. The van der Waals surface area contributed by atoms with Gasteiger partial charge in [0.25, 0.3) is 0 Å². The topological polar surface area (TPSA) is 20.2 Å². The maximum Gasteiger partial charge on any atom is 0.0483 e. The van der Waals surface area contributed by atoms with Gasteiger partial charge in [0, 0.05) is 6.10 Å². The van der Waals surface area contributed by atoms with Crippen molar-refractivity contribution in [2.75, 3.05) is 0 Å². The first kappa shape index (κ1) is 12.7. The summed E-state index contributed by atoms with van der Waals surface area (Å²) in [5, 5.41) is 8.06. The van der Waals surface area contributed by atoms with Crippen LogP contribution in [0.2, 0.25) is 0 Å². The zero-order valence-electron chi connectivity index (χ0n) is 8.90. The van der Waals surface area contributed by atoms with Crippen molar-refractivity contribution in [3.05, 3.63) is 48.6 Å². The van der Waals surface area contributed by atoms with E-state index in [0.717, 1.165) is 11.1 Å². The first-order chi connectivity index (χ1) is 6.61. The molecule has 0 unspecified atom stereocenters. The van der Waals surface area contributed by atoms with Gasteiger partial charge in [-0.25, -0.2) is 0 Å².